The first kappa shape index (κ1) is 16.2. The molecule has 0 atom stereocenters. The van der Waals surface area contributed by atoms with Crippen LogP contribution in [0.2, 0.25) is 0 Å². The molecule has 0 unspecified atom stereocenters. The average Bonchev–Trinajstić information content (AvgIpc) is 2.56. The van der Waals surface area contributed by atoms with Gasteiger partial charge in [0.15, 0.2) is 0 Å². The Hall–Kier alpha value is -2.67. The first-order chi connectivity index (χ1) is 11.4. The number of methoxy groups -OCH3 is 1. The van der Waals surface area contributed by atoms with E-state index in [4.69, 9.17) is 10.5 Å². The SMILES string of the molecule is COC(=O)c1c(N)c2ccc(Br)cc2n(-c2ccc(C)cn2)c1=O. The number of ether oxygens (including phenoxy) is 1. The normalized spacial score (nSPS) is 10.8. The minimum absolute atomic E-state index is 0.0951. The van der Waals surface area contributed by atoms with Crippen LogP contribution in [0.5, 0.6) is 0 Å². The largest absolute Gasteiger partial charge is 0.465 e. The number of carbonyl (C=O) groups is 1. The van der Waals surface area contributed by atoms with Gasteiger partial charge in [-0.05, 0) is 36.8 Å². The van der Waals surface area contributed by atoms with Crippen molar-refractivity contribution in [3.63, 3.8) is 0 Å². The van der Waals surface area contributed by atoms with Crippen molar-refractivity contribution in [2.75, 3.05) is 12.8 Å². The van der Waals surface area contributed by atoms with Gasteiger partial charge in [-0.3, -0.25) is 9.36 Å². The van der Waals surface area contributed by atoms with Crippen molar-refractivity contribution < 1.29 is 9.53 Å². The second-order valence-corrected chi connectivity index (χ2v) is 6.19. The number of nitrogens with zero attached hydrogens (tertiary/aromatic N) is 2. The van der Waals surface area contributed by atoms with E-state index in [9.17, 15) is 9.59 Å². The van der Waals surface area contributed by atoms with Crippen LogP contribution in [0.1, 0.15) is 15.9 Å². The zero-order valence-corrected chi connectivity index (χ0v) is 14.6. The molecule has 2 aromatic heterocycles. The molecule has 0 saturated heterocycles. The number of anilines is 1. The third-order valence-corrected chi connectivity index (χ3v) is 4.18. The van der Waals surface area contributed by atoms with Crippen LogP contribution in [-0.4, -0.2) is 22.6 Å². The summed E-state index contributed by atoms with van der Waals surface area (Å²) in [5, 5.41) is 0.570. The van der Waals surface area contributed by atoms with Crippen molar-refractivity contribution in [2.45, 2.75) is 6.92 Å². The monoisotopic (exact) mass is 387 g/mol. The molecule has 24 heavy (non-hydrogen) atoms. The Morgan fingerprint density at radius 3 is 2.67 bits per heavy atom. The summed E-state index contributed by atoms with van der Waals surface area (Å²) < 4.78 is 6.86. The van der Waals surface area contributed by atoms with Gasteiger partial charge in [0.1, 0.15) is 11.4 Å². The van der Waals surface area contributed by atoms with Crippen LogP contribution in [-0.2, 0) is 4.74 Å². The minimum atomic E-state index is -0.775. The Labute approximate surface area is 146 Å². The molecule has 0 radical (unpaired) electrons. The fourth-order valence-corrected chi connectivity index (χ4v) is 2.86. The number of nitrogen functional groups attached to an aromatic ring is 1. The van der Waals surface area contributed by atoms with Crippen molar-refractivity contribution in [1.29, 1.82) is 0 Å². The van der Waals surface area contributed by atoms with E-state index in [0.29, 0.717) is 16.7 Å². The Morgan fingerprint density at radius 2 is 2.04 bits per heavy atom. The first-order valence-electron chi connectivity index (χ1n) is 7.09. The number of esters is 1. The van der Waals surface area contributed by atoms with E-state index < -0.39 is 11.5 Å². The topological polar surface area (TPSA) is 87.2 Å². The number of aromatic nitrogens is 2. The highest BCUT2D eigenvalue weighted by molar-refractivity contribution is 9.10. The van der Waals surface area contributed by atoms with Crippen LogP contribution in [0.25, 0.3) is 16.7 Å². The van der Waals surface area contributed by atoms with Crippen LogP contribution in [0.15, 0.2) is 45.8 Å². The van der Waals surface area contributed by atoms with Crippen LogP contribution >= 0.6 is 15.9 Å². The van der Waals surface area contributed by atoms with Gasteiger partial charge in [-0.25, -0.2) is 9.78 Å². The Kier molecular flexibility index (Phi) is 4.11. The number of aryl methyl sites for hydroxylation is 1. The van der Waals surface area contributed by atoms with Gasteiger partial charge in [0.25, 0.3) is 5.56 Å². The predicted octanol–water partition coefficient (Wildman–Crippen LogP) is 2.83. The van der Waals surface area contributed by atoms with Crippen LogP contribution in [0, 0.1) is 6.92 Å². The van der Waals surface area contributed by atoms with Gasteiger partial charge in [-0.1, -0.05) is 22.0 Å². The zero-order valence-electron chi connectivity index (χ0n) is 13.0. The summed E-state index contributed by atoms with van der Waals surface area (Å²) in [5.74, 6) is -0.373. The zero-order chi connectivity index (χ0) is 17.4. The Balaban J connectivity index is 2.50. The van der Waals surface area contributed by atoms with Gasteiger partial charge < -0.3 is 10.5 Å². The standard InChI is InChI=1S/C17H14BrN3O3/c1-9-3-6-13(20-8-9)21-12-7-10(18)4-5-11(12)15(19)14(16(21)22)17(23)24-2/h3-8H,19H2,1-2H3. The van der Waals surface area contributed by atoms with Crippen LogP contribution in [0.3, 0.4) is 0 Å². The average molecular weight is 388 g/mol. The number of hydrogen-bond donors (Lipinski definition) is 1. The number of hydrogen-bond acceptors (Lipinski definition) is 5. The highest BCUT2D eigenvalue weighted by Gasteiger charge is 2.22. The summed E-state index contributed by atoms with van der Waals surface area (Å²) in [5.41, 5.74) is 6.91. The number of nitrogens with two attached hydrogens (primary N) is 1. The van der Waals surface area contributed by atoms with Gasteiger partial charge in [0, 0.05) is 16.1 Å². The predicted molar refractivity (Wildman–Crippen MR) is 95.5 cm³/mol. The van der Waals surface area contributed by atoms with E-state index in [1.807, 2.05) is 13.0 Å². The van der Waals surface area contributed by atoms with Gasteiger partial charge >= 0.3 is 5.97 Å². The minimum Gasteiger partial charge on any atom is -0.465 e. The molecule has 0 amide bonds. The molecule has 2 heterocycles. The summed E-state index contributed by atoms with van der Waals surface area (Å²) in [4.78, 5) is 29.3. The molecule has 3 aromatic rings. The summed E-state index contributed by atoms with van der Waals surface area (Å²) in [6, 6.07) is 8.85. The number of carbonyl (C=O) groups excluding carboxylic acids is 1. The van der Waals surface area contributed by atoms with E-state index in [-0.39, 0.29) is 11.3 Å². The molecule has 2 N–H and O–H groups in total. The molecule has 0 aliphatic heterocycles. The molecule has 122 valence electrons. The number of pyridine rings is 2. The maximum atomic E-state index is 12.9. The summed E-state index contributed by atoms with van der Waals surface area (Å²) in [6.07, 6.45) is 1.65. The summed E-state index contributed by atoms with van der Waals surface area (Å²) in [7, 11) is 1.21. The fraction of sp³-hybridized carbons (Fsp3) is 0.118. The Morgan fingerprint density at radius 1 is 1.29 bits per heavy atom. The number of halogens is 1. The maximum Gasteiger partial charge on any atom is 0.345 e. The van der Waals surface area contributed by atoms with Gasteiger partial charge in [-0.2, -0.15) is 0 Å². The first-order valence-corrected chi connectivity index (χ1v) is 7.88. The van der Waals surface area contributed by atoms with E-state index in [0.717, 1.165) is 10.0 Å². The second kappa shape index (κ2) is 6.09. The van der Waals surface area contributed by atoms with Crippen LogP contribution < -0.4 is 11.3 Å². The molecule has 1 aromatic carbocycles. The van der Waals surface area contributed by atoms with Gasteiger partial charge in [-0.15, -0.1) is 0 Å². The lowest BCUT2D eigenvalue weighted by Crippen LogP contribution is -2.28. The molecule has 0 fully saturated rings. The van der Waals surface area contributed by atoms with Gasteiger partial charge in [0.05, 0.1) is 18.3 Å². The third kappa shape index (κ3) is 2.56. The smallest absolute Gasteiger partial charge is 0.345 e. The van der Waals surface area contributed by atoms with E-state index >= 15 is 0 Å². The second-order valence-electron chi connectivity index (χ2n) is 5.28. The van der Waals surface area contributed by atoms with Crippen molar-refractivity contribution in [1.82, 2.24) is 9.55 Å². The number of rotatable bonds is 2. The molecule has 0 saturated carbocycles. The molecular weight excluding hydrogens is 374 g/mol. The lowest BCUT2D eigenvalue weighted by Gasteiger charge is -2.14. The summed E-state index contributed by atoms with van der Waals surface area (Å²) in [6.45, 7) is 1.90. The molecule has 0 aliphatic carbocycles. The van der Waals surface area contributed by atoms with Gasteiger partial charge in [0.2, 0.25) is 0 Å². The number of benzene rings is 1. The van der Waals surface area contributed by atoms with E-state index in [1.165, 1.54) is 11.7 Å². The molecule has 0 bridgehead atoms. The maximum absolute atomic E-state index is 12.9. The third-order valence-electron chi connectivity index (χ3n) is 3.69. The van der Waals surface area contributed by atoms with E-state index in [1.54, 1.807) is 30.5 Å². The van der Waals surface area contributed by atoms with Crippen molar-refractivity contribution in [3.05, 3.63) is 62.5 Å². The highest BCUT2D eigenvalue weighted by atomic mass is 79.9. The Bertz CT molecular complexity index is 1010. The fourth-order valence-electron chi connectivity index (χ4n) is 2.51. The molecule has 6 nitrogen and oxygen atoms in total. The quantitative estimate of drug-likeness (QED) is 0.683. The highest BCUT2D eigenvalue weighted by Crippen LogP contribution is 2.27. The molecule has 7 heteroatoms. The summed E-state index contributed by atoms with van der Waals surface area (Å²) >= 11 is 3.39. The lowest BCUT2D eigenvalue weighted by molar-refractivity contribution is 0.0600. The van der Waals surface area contributed by atoms with Crippen molar-refractivity contribution in [2.24, 2.45) is 0 Å². The number of fused-ring (bicyclic) bond motifs is 1. The van der Waals surface area contributed by atoms with Crippen molar-refractivity contribution in [3.8, 4) is 5.82 Å². The molecular formula is C17H14BrN3O3. The van der Waals surface area contributed by atoms with Crippen LogP contribution in [0.4, 0.5) is 5.69 Å². The van der Waals surface area contributed by atoms with E-state index in [2.05, 4.69) is 20.9 Å². The lowest BCUT2D eigenvalue weighted by atomic mass is 10.1. The molecule has 0 aliphatic rings. The molecule has 3 rings (SSSR count). The molecule has 0 spiro atoms. The van der Waals surface area contributed by atoms with Crippen molar-refractivity contribution >= 4 is 38.5 Å².